The SMILES string of the molecule is [N-]=[N+]=NCCCNC/C(=C/NCCCN)N=N. The predicted molar refractivity (Wildman–Crippen MR) is 66.4 cm³/mol. The lowest BCUT2D eigenvalue weighted by Gasteiger charge is -2.04. The second-order valence-electron chi connectivity index (χ2n) is 3.33. The molecule has 0 aromatic carbocycles. The Morgan fingerprint density at radius 3 is 2.88 bits per heavy atom. The highest BCUT2D eigenvalue weighted by molar-refractivity contribution is 4.99. The van der Waals surface area contributed by atoms with Crippen LogP contribution in [0.2, 0.25) is 0 Å². The van der Waals surface area contributed by atoms with Crippen molar-refractivity contribution in [3.63, 3.8) is 0 Å². The van der Waals surface area contributed by atoms with Gasteiger partial charge in [0.25, 0.3) is 0 Å². The highest BCUT2D eigenvalue weighted by atomic mass is 15.1. The first kappa shape index (κ1) is 15.4. The lowest BCUT2D eigenvalue weighted by atomic mass is 10.4. The number of rotatable bonds is 11. The van der Waals surface area contributed by atoms with Gasteiger partial charge in [0.2, 0.25) is 0 Å². The third-order valence-electron chi connectivity index (χ3n) is 1.92. The molecule has 0 aliphatic heterocycles. The maximum Gasteiger partial charge on any atom is 0.0917 e. The van der Waals surface area contributed by atoms with Gasteiger partial charge in [-0.25, -0.2) is 5.53 Å². The van der Waals surface area contributed by atoms with Gasteiger partial charge >= 0.3 is 0 Å². The van der Waals surface area contributed by atoms with Crippen LogP contribution in [0, 0.1) is 5.53 Å². The number of nitrogens with zero attached hydrogens (tertiary/aromatic N) is 4. The van der Waals surface area contributed by atoms with Gasteiger partial charge in [0.05, 0.1) is 5.70 Å². The summed E-state index contributed by atoms with van der Waals surface area (Å²) in [5, 5.41) is 13.0. The topological polar surface area (TPSA) is 135 Å². The molecular formula is C9H20N8. The minimum absolute atomic E-state index is 0.481. The smallest absolute Gasteiger partial charge is 0.0917 e. The van der Waals surface area contributed by atoms with E-state index in [-0.39, 0.29) is 0 Å². The average Bonchev–Trinajstić information content (AvgIpc) is 2.36. The van der Waals surface area contributed by atoms with Crippen LogP contribution in [0.1, 0.15) is 12.8 Å². The van der Waals surface area contributed by atoms with Crippen molar-refractivity contribution < 1.29 is 0 Å². The zero-order chi connectivity index (χ0) is 12.8. The van der Waals surface area contributed by atoms with E-state index in [1.807, 2.05) is 0 Å². The van der Waals surface area contributed by atoms with Gasteiger partial charge in [-0.2, -0.15) is 5.11 Å². The van der Waals surface area contributed by atoms with Crippen LogP contribution in [-0.4, -0.2) is 32.7 Å². The van der Waals surface area contributed by atoms with E-state index >= 15 is 0 Å². The number of hydrogen-bond donors (Lipinski definition) is 4. The fraction of sp³-hybridized carbons (Fsp3) is 0.778. The van der Waals surface area contributed by atoms with Crippen molar-refractivity contribution in [3.8, 4) is 0 Å². The van der Waals surface area contributed by atoms with Gasteiger partial charge < -0.3 is 16.4 Å². The Balaban J connectivity index is 3.59. The summed E-state index contributed by atoms with van der Waals surface area (Å²) >= 11 is 0. The van der Waals surface area contributed by atoms with E-state index in [2.05, 4.69) is 25.8 Å². The van der Waals surface area contributed by atoms with Crippen molar-refractivity contribution in [3.05, 3.63) is 22.3 Å². The molecule has 0 heterocycles. The summed E-state index contributed by atoms with van der Waals surface area (Å²) in [4.78, 5) is 2.66. The van der Waals surface area contributed by atoms with Gasteiger partial charge in [-0.1, -0.05) is 5.11 Å². The standard InChI is InChI=1S/C9H20N8/c10-3-1-4-13-7-9(16-11)8-14-5-2-6-15-17-12/h7,11,13-14H,1-6,8,10H2/b9-7-,16-11?. The van der Waals surface area contributed by atoms with E-state index in [9.17, 15) is 0 Å². The minimum atomic E-state index is 0.481. The van der Waals surface area contributed by atoms with Crippen LogP contribution in [0.25, 0.3) is 10.4 Å². The van der Waals surface area contributed by atoms with Gasteiger partial charge in [-0.3, -0.25) is 0 Å². The molecular weight excluding hydrogens is 220 g/mol. The molecule has 0 unspecified atom stereocenters. The van der Waals surface area contributed by atoms with Gasteiger partial charge in [0.15, 0.2) is 0 Å². The minimum Gasteiger partial charge on any atom is -0.389 e. The maximum atomic E-state index is 8.06. The van der Waals surface area contributed by atoms with Crippen molar-refractivity contribution >= 4 is 0 Å². The van der Waals surface area contributed by atoms with E-state index < -0.39 is 0 Å². The van der Waals surface area contributed by atoms with Crippen LogP contribution in [0.3, 0.4) is 0 Å². The fourth-order valence-electron chi connectivity index (χ4n) is 1.05. The molecule has 5 N–H and O–H groups in total. The van der Waals surface area contributed by atoms with Gasteiger partial charge in [0.1, 0.15) is 0 Å². The quantitative estimate of drug-likeness (QED) is 0.186. The largest absolute Gasteiger partial charge is 0.389 e. The van der Waals surface area contributed by atoms with Crippen LogP contribution in [0.15, 0.2) is 22.1 Å². The molecule has 0 saturated carbocycles. The molecule has 17 heavy (non-hydrogen) atoms. The molecule has 0 atom stereocenters. The summed E-state index contributed by atoms with van der Waals surface area (Å²) in [5.41, 5.74) is 21.0. The zero-order valence-corrected chi connectivity index (χ0v) is 9.89. The molecule has 8 heteroatoms. The lowest BCUT2D eigenvalue weighted by molar-refractivity contribution is 0.672. The maximum absolute atomic E-state index is 8.06. The third kappa shape index (κ3) is 10.6. The molecule has 0 rings (SSSR count). The first-order chi connectivity index (χ1) is 8.35. The first-order valence-electron chi connectivity index (χ1n) is 5.56. The van der Waals surface area contributed by atoms with Crippen LogP contribution < -0.4 is 16.4 Å². The van der Waals surface area contributed by atoms with E-state index in [1.54, 1.807) is 6.20 Å². The molecule has 0 radical (unpaired) electrons. The highest BCUT2D eigenvalue weighted by Crippen LogP contribution is 1.92. The monoisotopic (exact) mass is 240 g/mol. The molecule has 96 valence electrons. The molecule has 0 spiro atoms. The summed E-state index contributed by atoms with van der Waals surface area (Å²) in [6.07, 6.45) is 3.38. The Bertz CT molecular complexity index is 268. The molecule has 0 aromatic rings. The van der Waals surface area contributed by atoms with Crippen molar-refractivity contribution in [1.29, 1.82) is 5.53 Å². The van der Waals surface area contributed by atoms with Gasteiger partial charge in [-0.05, 0) is 31.5 Å². The Morgan fingerprint density at radius 2 is 2.24 bits per heavy atom. The summed E-state index contributed by atoms with van der Waals surface area (Å²) in [6.45, 7) is 3.16. The van der Waals surface area contributed by atoms with E-state index in [0.29, 0.717) is 25.3 Å². The van der Waals surface area contributed by atoms with Gasteiger partial charge in [-0.15, -0.1) is 0 Å². The summed E-state index contributed by atoms with van der Waals surface area (Å²) in [7, 11) is 0. The summed E-state index contributed by atoms with van der Waals surface area (Å²) in [5.74, 6) is 0. The molecule has 0 bridgehead atoms. The second kappa shape index (κ2) is 12.4. The van der Waals surface area contributed by atoms with E-state index in [4.69, 9.17) is 16.8 Å². The van der Waals surface area contributed by atoms with Crippen LogP contribution >= 0.6 is 0 Å². The zero-order valence-electron chi connectivity index (χ0n) is 9.89. The fourth-order valence-corrected chi connectivity index (χ4v) is 1.05. The molecule has 8 nitrogen and oxygen atoms in total. The number of nitrogens with one attached hydrogen (secondary N) is 3. The van der Waals surface area contributed by atoms with Crippen molar-refractivity contribution in [2.24, 2.45) is 16.0 Å². The number of azide groups is 1. The summed E-state index contributed by atoms with van der Waals surface area (Å²) < 4.78 is 0. The molecule has 0 fully saturated rings. The van der Waals surface area contributed by atoms with Crippen molar-refractivity contribution in [2.75, 3.05) is 32.7 Å². The Kier molecular flexibility index (Phi) is 11.2. The molecule has 0 saturated heterocycles. The van der Waals surface area contributed by atoms with Crippen molar-refractivity contribution in [2.45, 2.75) is 12.8 Å². The number of nitrogens with two attached hydrogens (primary N) is 1. The third-order valence-corrected chi connectivity index (χ3v) is 1.92. The molecule has 0 amide bonds. The average molecular weight is 240 g/mol. The van der Waals surface area contributed by atoms with Crippen LogP contribution in [-0.2, 0) is 0 Å². The second-order valence-corrected chi connectivity index (χ2v) is 3.33. The van der Waals surface area contributed by atoms with Crippen LogP contribution in [0.5, 0.6) is 0 Å². The Morgan fingerprint density at radius 1 is 1.41 bits per heavy atom. The van der Waals surface area contributed by atoms with E-state index in [0.717, 1.165) is 25.9 Å². The summed E-state index contributed by atoms with van der Waals surface area (Å²) in [6, 6.07) is 0. The first-order valence-corrected chi connectivity index (χ1v) is 5.56. The number of hydrogen-bond acceptors (Lipinski definition) is 6. The highest BCUT2D eigenvalue weighted by Gasteiger charge is 1.94. The predicted octanol–water partition coefficient (Wildman–Crippen LogP) is 1.09. The van der Waals surface area contributed by atoms with Gasteiger partial charge in [0, 0.05) is 30.7 Å². The molecule has 0 aliphatic rings. The van der Waals surface area contributed by atoms with E-state index in [1.165, 1.54) is 0 Å². The molecule has 0 aliphatic carbocycles. The van der Waals surface area contributed by atoms with Crippen LogP contribution in [0.4, 0.5) is 0 Å². The normalized spacial score (nSPS) is 10.8. The van der Waals surface area contributed by atoms with Crippen molar-refractivity contribution in [1.82, 2.24) is 10.6 Å². The lowest BCUT2D eigenvalue weighted by Crippen LogP contribution is -2.20. The Labute approximate surface area is 101 Å². The molecule has 0 aromatic heterocycles. The Hall–Kier alpha value is -1.63.